The van der Waals surface area contributed by atoms with Gasteiger partial charge < -0.3 is 14.4 Å². The molecule has 0 aliphatic carbocycles. The van der Waals surface area contributed by atoms with Crippen LogP contribution in [-0.2, 0) is 16.6 Å². The largest absolute Gasteiger partial charge is 0.493 e. The van der Waals surface area contributed by atoms with Gasteiger partial charge in [-0.2, -0.15) is 0 Å². The molecule has 7 rings (SSSR count). The molecule has 4 heterocycles. The molecule has 0 fully saturated rings. The summed E-state index contributed by atoms with van der Waals surface area (Å²) in [5, 5.41) is 3.43. The summed E-state index contributed by atoms with van der Waals surface area (Å²) < 4.78 is 13.2. The van der Waals surface area contributed by atoms with E-state index in [2.05, 4.69) is 53.9 Å². The lowest BCUT2D eigenvalue weighted by molar-refractivity contribution is -0.121. The highest BCUT2D eigenvalue weighted by atomic mass is 32.1. The summed E-state index contributed by atoms with van der Waals surface area (Å²) >= 11 is 1.74. The number of amides is 1. The van der Waals surface area contributed by atoms with Crippen LogP contribution in [0.3, 0.4) is 0 Å². The minimum absolute atomic E-state index is 0.0760. The zero-order valence-corrected chi connectivity index (χ0v) is 17.8. The number of benzene rings is 3. The van der Waals surface area contributed by atoms with Gasteiger partial charge in [0.15, 0.2) is 0 Å². The molecule has 4 nitrogen and oxygen atoms in total. The van der Waals surface area contributed by atoms with E-state index in [1.807, 2.05) is 13.1 Å². The zero-order valence-electron chi connectivity index (χ0n) is 17.0. The fourth-order valence-corrected chi connectivity index (χ4v) is 6.45. The van der Waals surface area contributed by atoms with E-state index < -0.39 is 5.41 Å². The minimum Gasteiger partial charge on any atom is -0.493 e. The third-order valence-corrected chi connectivity index (χ3v) is 7.93. The van der Waals surface area contributed by atoms with Gasteiger partial charge in [0.25, 0.3) is 0 Å². The topological polar surface area (TPSA) is 38.8 Å². The molecule has 0 saturated carbocycles. The number of nitrogens with zero attached hydrogens (tertiary/aromatic N) is 1. The molecule has 5 heteroatoms. The molecule has 1 unspecified atom stereocenters. The Kier molecular flexibility index (Phi) is 3.30. The Labute approximate surface area is 183 Å². The van der Waals surface area contributed by atoms with Gasteiger partial charge in [0.05, 0.1) is 6.61 Å². The number of hydrogen-bond donors (Lipinski definition) is 0. The van der Waals surface area contributed by atoms with Crippen LogP contribution in [0.2, 0.25) is 0 Å². The Morgan fingerprint density at radius 3 is 2.84 bits per heavy atom. The highest BCUT2D eigenvalue weighted by Crippen LogP contribution is 2.56. The van der Waals surface area contributed by atoms with Gasteiger partial charge in [-0.3, -0.25) is 4.79 Å². The lowest BCUT2D eigenvalue weighted by Crippen LogP contribution is -2.41. The van der Waals surface area contributed by atoms with Crippen molar-refractivity contribution in [2.75, 3.05) is 25.2 Å². The molecule has 3 aliphatic rings. The molecule has 1 spiro atoms. The predicted octanol–water partition coefficient (Wildman–Crippen LogP) is 5.16. The van der Waals surface area contributed by atoms with Crippen LogP contribution in [0.4, 0.5) is 5.69 Å². The first-order chi connectivity index (χ1) is 15.2. The summed E-state index contributed by atoms with van der Waals surface area (Å²) in [6, 6.07) is 18.8. The van der Waals surface area contributed by atoms with Crippen molar-refractivity contribution in [3.63, 3.8) is 0 Å². The van der Waals surface area contributed by atoms with Crippen molar-refractivity contribution in [3.05, 3.63) is 76.7 Å². The first kappa shape index (κ1) is 17.4. The fraction of sp³-hybridized carbons (Fsp3) is 0.192. The predicted molar refractivity (Wildman–Crippen MR) is 123 cm³/mol. The number of thiophene rings is 1. The van der Waals surface area contributed by atoms with Crippen LogP contribution in [0.5, 0.6) is 11.5 Å². The summed E-state index contributed by atoms with van der Waals surface area (Å²) in [6.45, 7) is 1.00. The number of rotatable bonds is 1. The molecular formula is C26H19NO3S. The number of anilines is 1. The van der Waals surface area contributed by atoms with Crippen molar-refractivity contribution in [2.24, 2.45) is 0 Å². The first-order valence-electron chi connectivity index (χ1n) is 10.5. The lowest BCUT2D eigenvalue weighted by atomic mass is 9.73. The number of ether oxygens (including phenoxy) is 2. The molecule has 0 saturated heterocycles. The maximum atomic E-state index is 13.9. The summed E-state index contributed by atoms with van der Waals surface area (Å²) in [6.07, 6.45) is 0.867. The van der Waals surface area contributed by atoms with E-state index in [0.717, 1.165) is 45.9 Å². The second-order valence-corrected chi connectivity index (χ2v) is 9.37. The van der Waals surface area contributed by atoms with Gasteiger partial charge in [0.1, 0.15) is 23.5 Å². The Morgan fingerprint density at radius 2 is 1.90 bits per heavy atom. The smallest absolute Gasteiger partial charge is 0.245 e. The molecule has 0 bridgehead atoms. The third kappa shape index (κ3) is 2.07. The van der Waals surface area contributed by atoms with Crippen molar-refractivity contribution < 1.29 is 14.3 Å². The number of hydrogen-bond acceptors (Lipinski definition) is 4. The van der Waals surface area contributed by atoms with E-state index >= 15 is 0 Å². The van der Waals surface area contributed by atoms with E-state index in [-0.39, 0.29) is 5.91 Å². The lowest BCUT2D eigenvalue weighted by Gasteiger charge is -2.23. The standard InChI is InChI=1S/C26H19NO3S/c1-27-20-7-4-6-17(18-13-31-23-8-3-2-5-16(18)23)24(20)26(25(27)28)14-30-22-12-21-15(9-10-29-21)11-19(22)26/h2-8,11-13H,9-10,14H2,1H3. The maximum Gasteiger partial charge on any atom is 0.245 e. The summed E-state index contributed by atoms with van der Waals surface area (Å²) in [4.78, 5) is 15.7. The molecule has 1 amide bonds. The van der Waals surface area contributed by atoms with Crippen molar-refractivity contribution in [1.29, 1.82) is 0 Å². The molecule has 0 N–H and O–H groups in total. The van der Waals surface area contributed by atoms with Crippen LogP contribution in [0, 0.1) is 0 Å². The minimum atomic E-state index is -0.823. The van der Waals surface area contributed by atoms with Crippen LogP contribution in [0.25, 0.3) is 21.2 Å². The number of likely N-dealkylation sites (N-methyl/N-ethyl adjacent to an activating group) is 1. The third-order valence-electron chi connectivity index (χ3n) is 6.97. The summed E-state index contributed by atoms with van der Waals surface area (Å²) in [5.74, 6) is 1.72. The Hall–Kier alpha value is -3.31. The van der Waals surface area contributed by atoms with Crippen molar-refractivity contribution in [3.8, 4) is 22.6 Å². The molecule has 1 aromatic heterocycles. The van der Waals surface area contributed by atoms with Crippen LogP contribution >= 0.6 is 11.3 Å². The normalized spacial score (nSPS) is 20.7. The molecule has 0 radical (unpaired) electrons. The monoisotopic (exact) mass is 425 g/mol. The van der Waals surface area contributed by atoms with E-state index in [9.17, 15) is 4.79 Å². The number of carbonyl (C=O) groups is 1. The maximum absolute atomic E-state index is 13.9. The summed E-state index contributed by atoms with van der Waals surface area (Å²) in [5.41, 5.74) is 5.62. The average molecular weight is 426 g/mol. The van der Waals surface area contributed by atoms with Gasteiger partial charge in [-0.15, -0.1) is 11.3 Å². The Bertz CT molecular complexity index is 1420. The van der Waals surface area contributed by atoms with Gasteiger partial charge in [-0.05, 0) is 34.7 Å². The molecule has 31 heavy (non-hydrogen) atoms. The average Bonchev–Trinajstić information content (AvgIpc) is 3.55. The van der Waals surface area contributed by atoms with E-state index in [1.165, 1.54) is 15.6 Å². The first-order valence-corrected chi connectivity index (χ1v) is 11.4. The summed E-state index contributed by atoms with van der Waals surface area (Å²) in [7, 11) is 1.87. The van der Waals surface area contributed by atoms with Gasteiger partial charge in [-0.25, -0.2) is 0 Å². The molecular weight excluding hydrogens is 406 g/mol. The molecule has 152 valence electrons. The fourth-order valence-electron chi connectivity index (χ4n) is 5.49. The SMILES string of the molecule is CN1C(=O)C2(COc3cc4c(cc32)CCO4)c2c(-c3csc4ccccc34)cccc21. The highest BCUT2D eigenvalue weighted by molar-refractivity contribution is 7.17. The van der Waals surface area contributed by atoms with Crippen molar-refractivity contribution in [2.45, 2.75) is 11.8 Å². The Morgan fingerprint density at radius 1 is 1.00 bits per heavy atom. The molecule has 3 aliphatic heterocycles. The second kappa shape index (κ2) is 5.89. The number of carbonyl (C=O) groups excluding carboxylic acids is 1. The van der Waals surface area contributed by atoms with E-state index in [1.54, 1.807) is 16.2 Å². The Balaban J connectivity index is 1.55. The number of fused-ring (bicyclic) bond motifs is 6. The van der Waals surface area contributed by atoms with Crippen molar-refractivity contribution in [1.82, 2.24) is 0 Å². The molecule has 3 aromatic carbocycles. The molecule has 4 aromatic rings. The van der Waals surface area contributed by atoms with Gasteiger partial charge in [0.2, 0.25) is 5.91 Å². The van der Waals surface area contributed by atoms with Gasteiger partial charge in [0, 0.05) is 52.0 Å². The highest BCUT2D eigenvalue weighted by Gasteiger charge is 2.57. The van der Waals surface area contributed by atoms with Crippen molar-refractivity contribution >= 4 is 33.0 Å². The van der Waals surface area contributed by atoms with Crippen LogP contribution < -0.4 is 14.4 Å². The van der Waals surface area contributed by atoms with Gasteiger partial charge >= 0.3 is 0 Å². The van der Waals surface area contributed by atoms with Gasteiger partial charge in [-0.1, -0.05) is 30.3 Å². The van der Waals surface area contributed by atoms with Crippen LogP contribution in [-0.4, -0.2) is 26.2 Å². The molecule has 1 atom stereocenters. The van der Waals surface area contributed by atoms with E-state index in [4.69, 9.17) is 9.47 Å². The van der Waals surface area contributed by atoms with Crippen LogP contribution in [0.1, 0.15) is 16.7 Å². The van der Waals surface area contributed by atoms with Crippen LogP contribution in [0.15, 0.2) is 60.0 Å². The van der Waals surface area contributed by atoms with E-state index in [0.29, 0.717) is 13.2 Å². The quantitative estimate of drug-likeness (QED) is 0.423. The zero-order chi connectivity index (χ0) is 20.7. The second-order valence-electron chi connectivity index (χ2n) is 8.46.